The minimum Gasteiger partial charge on any atom is -0.406 e. The van der Waals surface area contributed by atoms with Crippen LogP contribution in [-0.4, -0.2) is 49.0 Å². The highest BCUT2D eigenvalue weighted by Gasteiger charge is 2.31. The molecule has 1 aromatic rings. The van der Waals surface area contributed by atoms with Gasteiger partial charge in [-0.05, 0) is 44.0 Å². The van der Waals surface area contributed by atoms with Crippen molar-refractivity contribution in [3.8, 4) is 5.75 Å². The standard InChI is InChI=1S/C16H22F3N5O2/c1-2-25-12-7-9-24(10-8-12)15(21)23-14(20)22-11-3-5-13(6-4-11)26-16(17,18)19/h3-6,12H,2,7-10H2,1H3,(H4,20,21,22,23). The Morgan fingerprint density at radius 2 is 1.81 bits per heavy atom. The number of hydrogen-bond donors (Lipinski definition) is 4. The van der Waals surface area contributed by atoms with Crippen LogP contribution < -0.4 is 15.4 Å². The second-order valence-electron chi connectivity index (χ2n) is 5.69. The highest BCUT2D eigenvalue weighted by atomic mass is 19.4. The molecule has 1 saturated heterocycles. The Morgan fingerprint density at radius 3 is 2.35 bits per heavy atom. The van der Waals surface area contributed by atoms with Gasteiger partial charge in [-0.25, -0.2) is 0 Å². The van der Waals surface area contributed by atoms with Crippen LogP contribution in [0.3, 0.4) is 0 Å². The monoisotopic (exact) mass is 373 g/mol. The molecule has 26 heavy (non-hydrogen) atoms. The molecule has 1 heterocycles. The topological polar surface area (TPSA) is 93.5 Å². The lowest BCUT2D eigenvalue weighted by atomic mass is 10.1. The van der Waals surface area contributed by atoms with Gasteiger partial charge in [0.25, 0.3) is 0 Å². The molecule has 1 aromatic carbocycles. The zero-order valence-electron chi connectivity index (χ0n) is 14.3. The van der Waals surface area contributed by atoms with E-state index in [0.717, 1.165) is 25.0 Å². The van der Waals surface area contributed by atoms with Gasteiger partial charge in [0.1, 0.15) is 5.75 Å². The maximum Gasteiger partial charge on any atom is 0.573 e. The molecule has 0 spiro atoms. The Kier molecular flexibility index (Phi) is 6.67. The number of rotatable bonds is 4. The van der Waals surface area contributed by atoms with Gasteiger partial charge in [-0.15, -0.1) is 13.2 Å². The lowest BCUT2D eigenvalue weighted by Crippen LogP contribution is -2.49. The van der Waals surface area contributed by atoms with Gasteiger partial charge in [-0.3, -0.25) is 16.1 Å². The van der Waals surface area contributed by atoms with Gasteiger partial charge in [0, 0.05) is 25.4 Å². The summed E-state index contributed by atoms with van der Waals surface area (Å²) in [6.45, 7) is 3.94. The number of benzene rings is 1. The lowest BCUT2D eigenvalue weighted by Gasteiger charge is -2.33. The van der Waals surface area contributed by atoms with E-state index in [4.69, 9.17) is 15.6 Å². The lowest BCUT2D eigenvalue weighted by molar-refractivity contribution is -0.274. The Bertz CT molecular complexity index is 613. The van der Waals surface area contributed by atoms with Crippen molar-refractivity contribution in [3.63, 3.8) is 0 Å². The van der Waals surface area contributed by atoms with Crippen molar-refractivity contribution >= 4 is 17.6 Å². The van der Waals surface area contributed by atoms with E-state index in [2.05, 4.69) is 15.4 Å². The fraction of sp³-hybridized carbons (Fsp3) is 0.500. The number of guanidine groups is 2. The molecule has 4 N–H and O–H groups in total. The summed E-state index contributed by atoms with van der Waals surface area (Å²) < 4.78 is 45.7. The molecule has 0 aromatic heterocycles. The van der Waals surface area contributed by atoms with Gasteiger partial charge in [0.15, 0.2) is 11.9 Å². The third-order valence-corrected chi connectivity index (χ3v) is 3.76. The van der Waals surface area contributed by atoms with Gasteiger partial charge < -0.3 is 19.7 Å². The van der Waals surface area contributed by atoms with Crippen molar-refractivity contribution in [2.24, 2.45) is 0 Å². The molecule has 10 heteroatoms. The molecule has 1 fully saturated rings. The van der Waals surface area contributed by atoms with Crippen LogP contribution in [0.4, 0.5) is 18.9 Å². The number of halogens is 3. The Balaban J connectivity index is 1.78. The molecule has 0 aliphatic carbocycles. The van der Waals surface area contributed by atoms with Crippen LogP contribution >= 0.6 is 0 Å². The minimum atomic E-state index is -4.74. The van der Waals surface area contributed by atoms with Crippen LogP contribution in [0.25, 0.3) is 0 Å². The molecule has 1 aliphatic rings. The van der Waals surface area contributed by atoms with Gasteiger partial charge in [-0.2, -0.15) is 0 Å². The maximum absolute atomic E-state index is 12.1. The predicted molar refractivity (Wildman–Crippen MR) is 91.6 cm³/mol. The van der Waals surface area contributed by atoms with E-state index in [1.807, 2.05) is 11.8 Å². The molecule has 7 nitrogen and oxygen atoms in total. The normalized spacial score (nSPS) is 15.5. The van der Waals surface area contributed by atoms with Crippen LogP contribution in [0.15, 0.2) is 24.3 Å². The molecule has 2 rings (SSSR count). The van der Waals surface area contributed by atoms with Crippen LogP contribution in [0.1, 0.15) is 19.8 Å². The summed E-state index contributed by atoms with van der Waals surface area (Å²) in [5, 5.41) is 21.2. The Hall–Kier alpha value is -2.49. The molecule has 0 saturated carbocycles. The number of hydrogen-bond acceptors (Lipinski definition) is 4. The molecule has 0 unspecified atom stereocenters. The summed E-state index contributed by atoms with van der Waals surface area (Å²) in [6, 6.07) is 5.00. The summed E-state index contributed by atoms with van der Waals surface area (Å²) in [5.74, 6) is -0.395. The zero-order valence-corrected chi connectivity index (χ0v) is 14.3. The number of alkyl halides is 3. The summed E-state index contributed by atoms with van der Waals surface area (Å²) >= 11 is 0. The quantitative estimate of drug-likeness (QED) is 0.481. The van der Waals surface area contributed by atoms with Crippen LogP contribution in [0.5, 0.6) is 5.75 Å². The molecule has 0 radical (unpaired) electrons. The number of ether oxygens (including phenoxy) is 2. The number of piperidine rings is 1. The zero-order chi connectivity index (χ0) is 19.2. The van der Waals surface area contributed by atoms with E-state index in [-0.39, 0.29) is 23.8 Å². The first-order chi connectivity index (χ1) is 12.3. The number of nitrogens with zero attached hydrogens (tertiary/aromatic N) is 1. The number of nitrogens with one attached hydrogen (secondary N) is 4. The van der Waals surface area contributed by atoms with E-state index in [1.165, 1.54) is 12.1 Å². The van der Waals surface area contributed by atoms with Crippen LogP contribution in [0, 0.1) is 10.8 Å². The molecule has 0 atom stereocenters. The van der Waals surface area contributed by atoms with Gasteiger partial charge in [0.05, 0.1) is 6.10 Å². The van der Waals surface area contributed by atoms with Gasteiger partial charge in [0.2, 0.25) is 0 Å². The van der Waals surface area contributed by atoms with Crippen LogP contribution in [0.2, 0.25) is 0 Å². The molecule has 1 aliphatic heterocycles. The molecule has 0 bridgehead atoms. The van der Waals surface area contributed by atoms with Crippen molar-refractivity contribution in [1.82, 2.24) is 10.2 Å². The van der Waals surface area contributed by atoms with Gasteiger partial charge in [-0.1, -0.05) is 0 Å². The Labute approximate surface area is 149 Å². The first kappa shape index (κ1) is 19.8. The van der Waals surface area contributed by atoms with E-state index >= 15 is 0 Å². The summed E-state index contributed by atoms with van der Waals surface area (Å²) in [6.07, 6.45) is -2.90. The largest absolute Gasteiger partial charge is 0.573 e. The van der Waals surface area contributed by atoms with Gasteiger partial charge >= 0.3 is 6.36 Å². The van der Waals surface area contributed by atoms with Crippen molar-refractivity contribution in [3.05, 3.63) is 24.3 Å². The second-order valence-corrected chi connectivity index (χ2v) is 5.69. The third kappa shape index (κ3) is 6.43. The number of likely N-dealkylation sites (tertiary alicyclic amines) is 1. The maximum atomic E-state index is 12.1. The molecule has 0 amide bonds. The summed E-state index contributed by atoms with van der Waals surface area (Å²) in [4.78, 5) is 1.81. The molecular weight excluding hydrogens is 351 g/mol. The van der Waals surface area contributed by atoms with E-state index in [1.54, 1.807) is 0 Å². The Morgan fingerprint density at radius 1 is 1.19 bits per heavy atom. The first-order valence-electron chi connectivity index (χ1n) is 8.20. The fourth-order valence-corrected chi connectivity index (χ4v) is 2.59. The SMILES string of the molecule is CCOC1CCN(C(=N)NC(=N)Nc2ccc(OC(F)(F)F)cc2)CC1. The van der Waals surface area contributed by atoms with Crippen molar-refractivity contribution in [2.75, 3.05) is 25.0 Å². The molecule has 144 valence electrons. The molecular formula is C16H22F3N5O2. The first-order valence-corrected chi connectivity index (χ1v) is 8.20. The minimum absolute atomic E-state index is 0.0921. The van der Waals surface area contributed by atoms with Crippen molar-refractivity contribution < 1.29 is 22.6 Å². The van der Waals surface area contributed by atoms with Crippen molar-refractivity contribution in [1.29, 1.82) is 10.8 Å². The predicted octanol–water partition coefficient (Wildman–Crippen LogP) is 2.96. The average Bonchev–Trinajstić information content (AvgIpc) is 2.56. The summed E-state index contributed by atoms with van der Waals surface area (Å²) in [7, 11) is 0. The smallest absolute Gasteiger partial charge is 0.406 e. The highest BCUT2D eigenvalue weighted by Crippen LogP contribution is 2.23. The fourth-order valence-electron chi connectivity index (χ4n) is 2.59. The third-order valence-electron chi connectivity index (χ3n) is 3.76. The van der Waals surface area contributed by atoms with E-state index in [9.17, 15) is 13.2 Å². The van der Waals surface area contributed by atoms with E-state index < -0.39 is 6.36 Å². The van der Waals surface area contributed by atoms with E-state index in [0.29, 0.717) is 25.4 Å². The second kappa shape index (κ2) is 8.75. The van der Waals surface area contributed by atoms with Crippen molar-refractivity contribution in [2.45, 2.75) is 32.2 Å². The number of anilines is 1. The summed E-state index contributed by atoms with van der Waals surface area (Å²) in [5.41, 5.74) is 0.403. The highest BCUT2D eigenvalue weighted by molar-refractivity contribution is 6.02. The average molecular weight is 373 g/mol. The van der Waals surface area contributed by atoms with Crippen LogP contribution in [-0.2, 0) is 4.74 Å².